The molecule has 0 unspecified atom stereocenters. The fourth-order valence-electron chi connectivity index (χ4n) is 2.32. The summed E-state index contributed by atoms with van der Waals surface area (Å²) in [6, 6.07) is 11.7. The van der Waals surface area contributed by atoms with Gasteiger partial charge >= 0.3 is 0 Å². The number of ether oxygens (including phenoxy) is 1. The molecule has 0 aliphatic carbocycles. The smallest absolute Gasteiger partial charge is 0.153 e. The first-order chi connectivity index (χ1) is 10.2. The summed E-state index contributed by atoms with van der Waals surface area (Å²) in [7, 11) is 1.65. The van der Waals surface area contributed by atoms with E-state index in [1.54, 1.807) is 13.3 Å². The Morgan fingerprint density at radius 3 is 2.52 bits per heavy atom. The van der Waals surface area contributed by atoms with Crippen molar-refractivity contribution < 1.29 is 4.74 Å². The van der Waals surface area contributed by atoms with Gasteiger partial charge in [-0.15, -0.1) is 0 Å². The molecule has 0 radical (unpaired) electrons. The summed E-state index contributed by atoms with van der Waals surface area (Å²) in [5.41, 5.74) is 10.8. The van der Waals surface area contributed by atoms with Crippen LogP contribution in [0.1, 0.15) is 5.69 Å². The highest BCUT2D eigenvalue weighted by molar-refractivity contribution is 5.87. The van der Waals surface area contributed by atoms with E-state index in [-0.39, 0.29) is 0 Å². The van der Waals surface area contributed by atoms with E-state index in [2.05, 4.69) is 15.2 Å². The Bertz CT molecular complexity index is 762. The maximum absolute atomic E-state index is 6.03. The number of aryl methyl sites for hydroxylation is 1. The zero-order valence-corrected chi connectivity index (χ0v) is 11.9. The first-order valence-electron chi connectivity index (χ1n) is 6.60. The molecular weight excluding hydrogens is 264 g/mol. The molecule has 0 spiro atoms. The summed E-state index contributed by atoms with van der Waals surface area (Å²) in [6.07, 6.45) is 1.78. The summed E-state index contributed by atoms with van der Waals surface area (Å²) >= 11 is 0. The van der Waals surface area contributed by atoms with Crippen LogP contribution in [0.3, 0.4) is 0 Å². The zero-order valence-electron chi connectivity index (χ0n) is 11.9. The molecule has 0 aliphatic rings. The predicted molar refractivity (Wildman–Crippen MR) is 83.0 cm³/mol. The van der Waals surface area contributed by atoms with Crippen LogP contribution in [0.2, 0.25) is 0 Å². The van der Waals surface area contributed by atoms with Crippen molar-refractivity contribution >= 4 is 5.82 Å². The molecule has 0 saturated heterocycles. The van der Waals surface area contributed by atoms with Gasteiger partial charge in [0.2, 0.25) is 0 Å². The number of H-pyrrole nitrogens is 1. The van der Waals surface area contributed by atoms with Gasteiger partial charge in [-0.05, 0) is 36.8 Å². The highest BCUT2D eigenvalue weighted by Gasteiger charge is 2.15. The molecule has 0 bridgehead atoms. The minimum absolute atomic E-state index is 0.477. The van der Waals surface area contributed by atoms with E-state index >= 15 is 0 Å². The van der Waals surface area contributed by atoms with Crippen molar-refractivity contribution in [3.63, 3.8) is 0 Å². The quantitative estimate of drug-likeness (QED) is 0.773. The second-order valence-electron chi connectivity index (χ2n) is 4.77. The second kappa shape index (κ2) is 5.28. The van der Waals surface area contributed by atoms with Crippen molar-refractivity contribution in [3.05, 3.63) is 48.3 Å². The molecule has 3 aromatic rings. The van der Waals surface area contributed by atoms with Gasteiger partial charge < -0.3 is 10.5 Å². The summed E-state index contributed by atoms with van der Waals surface area (Å²) in [5, 5.41) is 7.15. The molecule has 0 atom stereocenters. The zero-order chi connectivity index (χ0) is 14.8. The van der Waals surface area contributed by atoms with Gasteiger partial charge in [0.25, 0.3) is 0 Å². The van der Waals surface area contributed by atoms with Crippen LogP contribution >= 0.6 is 0 Å². The first kappa shape index (κ1) is 13.2. The minimum atomic E-state index is 0.477. The number of aromatic nitrogens is 3. The van der Waals surface area contributed by atoms with Crippen molar-refractivity contribution in [1.29, 1.82) is 0 Å². The normalized spacial score (nSPS) is 10.6. The second-order valence-corrected chi connectivity index (χ2v) is 4.77. The average molecular weight is 280 g/mol. The highest BCUT2D eigenvalue weighted by Crippen LogP contribution is 2.35. The molecule has 3 rings (SSSR count). The van der Waals surface area contributed by atoms with Gasteiger partial charge in [-0.25, -0.2) is 0 Å². The van der Waals surface area contributed by atoms with Gasteiger partial charge in [-0.2, -0.15) is 5.10 Å². The molecule has 21 heavy (non-hydrogen) atoms. The summed E-state index contributed by atoms with van der Waals surface area (Å²) < 4.78 is 5.18. The number of hydrogen-bond donors (Lipinski definition) is 2. The maximum Gasteiger partial charge on any atom is 0.153 e. The number of aromatic amines is 1. The van der Waals surface area contributed by atoms with Gasteiger partial charge in [0, 0.05) is 17.5 Å². The Morgan fingerprint density at radius 1 is 1.10 bits per heavy atom. The number of nitrogens with zero attached hydrogens (tertiary/aromatic N) is 2. The standard InChI is InChI=1S/C16H16N4O/c1-10-9-12(7-8-18-10)15-14(16(17)20-19-15)11-3-5-13(21-2)6-4-11/h3-9H,1-2H3,(H3,17,19,20). The van der Waals surface area contributed by atoms with E-state index in [4.69, 9.17) is 10.5 Å². The van der Waals surface area contributed by atoms with Crippen molar-refractivity contribution in [2.24, 2.45) is 0 Å². The van der Waals surface area contributed by atoms with Gasteiger partial charge in [0.05, 0.1) is 18.4 Å². The highest BCUT2D eigenvalue weighted by atomic mass is 16.5. The summed E-state index contributed by atoms with van der Waals surface area (Å²) in [6.45, 7) is 1.95. The Labute approximate surface area is 122 Å². The van der Waals surface area contributed by atoms with Crippen molar-refractivity contribution in [1.82, 2.24) is 15.2 Å². The number of anilines is 1. The van der Waals surface area contributed by atoms with E-state index in [1.807, 2.05) is 43.3 Å². The van der Waals surface area contributed by atoms with E-state index in [0.717, 1.165) is 33.8 Å². The number of hydrogen-bond acceptors (Lipinski definition) is 4. The molecule has 5 heteroatoms. The molecule has 0 fully saturated rings. The van der Waals surface area contributed by atoms with E-state index in [9.17, 15) is 0 Å². The third-order valence-corrected chi connectivity index (χ3v) is 3.36. The number of nitrogens with two attached hydrogens (primary N) is 1. The molecule has 0 amide bonds. The van der Waals surface area contributed by atoms with E-state index in [0.29, 0.717) is 5.82 Å². The Kier molecular flexibility index (Phi) is 3.31. The van der Waals surface area contributed by atoms with Crippen LogP contribution in [0.15, 0.2) is 42.6 Å². The summed E-state index contributed by atoms with van der Waals surface area (Å²) in [4.78, 5) is 4.22. The largest absolute Gasteiger partial charge is 0.497 e. The van der Waals surface area contributed by atoms with Crippen LogP contribution in [0.25, 0.3) is 22.4 Å². The third kappa shape index (κ3) is 2.45. The molecule has 5 nitrogen and oxygen atoms in total. The lowest BCUT2D eigenvalue weighted by Crippen LogP contribution is -1.90. The van der Waals surface area contributed by atoms with Crippen LogP contribution in [0.5, 0.6) is 5.75 Å². The summed E-state index contributed by atoms with van der Waals surface area (Å²) in [5.74, 6) is 1.28. The molecule has 2 aromatic heterocycles. The van der Waals surface area contributed by atoms with E-state index < -0.39 is 0 Å². The lowest BCUT2D eigenvalue weighted by Gasteiger charge is -2.06. The van der Waals surface area contributed by atoms with Crippen LogP contribution in [-0.4, -0.2) is 22.3 Å². The SMILES string of the molecule is COc1ccc(-c2c(N)n[nH]c2-c2ccnc(C)c2)cc1. The predicted octanol–water partition coefficient (Wildman–Crippen LogP) is 3.04. The number of nitrogens with one attached hydrogen (secondary N) is 1. The van der Waals surface area contributed by atoms with Gasteiger partial charge in [0.1, 0.15) is 5.75 Å². The van der Waals surface area contributed by atoms with Crippen LogP contribution < -0.4 is 10.5 Å². The topological polar surface area (TPSA) is 76.8 Å². The van der Waals surface area contributed by atoms with Gasteiger partial charge in [-0.3, -0.25) is 10.1 Å². The Balaban J connectivity index is 2.12. The van der Waals surface area contributed by atoms with Crippen LogP contribution in [-0.2, 0) is 0 Å². The maximum atomic E-state index is 6.03. The van der Waals surface area contributed by atoms with Crippen LogP contribution in [0, 0.1) is 6.92 Å². The fraction of sp³-hybridized carbons (Fsp3) is 0.125. The lowest BCUT2D eigenvalue weighted by molar-refractivity contribution is 0.415. The monoisotopic (exact) mass is 280 g/mol. The fourth-order valence-corrected chi connectivity index (χ4v) is 2.32. The molecule has 3 N–H and O–H groups in total. The van der Waals surface area contributed by atoms with Crippen molar-refractivity contribution in [2.75, 3.05) is 12.8 Å². The Hall–Kier alpha value is -2.82. The molecule has 2 heterocycles. The number of pyridine rings is 1. The number of nitrogen functional groups attached to an aromatic ring is 1. The van der Waals surface area contributed by atoms with Crippen LogP contribution in [0.4, 0.5) is 5.82 Å². The van der Waals surface area contributed by atoms with Gasteiger partial charge in [0.15, 0.2) is 5.82 Å². The molecule has 0 saturated carbocycles. The van der Waals surface area contributed by atoms with Crippen molar-refractivity contribution in [2.45, 2.75) is 6.92 Å². The molecular formula is C16H16N4O. The molecule has 1 aromatic carbocycles. The number of benzene rings is 1. The molecule has 0 aliphatic heterocycles. The lowest BCUT2D eigenvalue weighted by atomic mass is 10.0. The minimum Gasteiger partial charge on any atom is -0.497 e. The van der Waals surface area contributed by atoms with Gasteiger partial charge in [-0.1, -0.05) is 12.1 Å². The van der Waals surface area contributed by atoms with Crippen molar-refractivity contribution in [3.8, 4) is 28.1 Å². The third-order valence-electron chi connectivity index (χ3n) is 3.36. The number of methoxy groups -OCH3 is 1. The Morgan fingerprint density at radius 2 is 1.86 bits per heavy atom. The van der Waals surface area contributed by atoms with E-state index in [1.165, 1.54) is 0 Å². The number of rotatable bonds is 3. The average Bonchev–Trinajstić information content (AvgIpc) is 2.89. The first-order valence-corrected chi connectivity index (χ1v) is 6.60. The molecule has 106 valence electrons.